The van der Waals surface area contributed by atoms with E-state index in [0.29, 0.717) is 5.56 Å². The molecule has 0 spiro atoms. The molecule has 0 N–H and O–H groups in total. The third-order valence-electron chi connectivity index (χ3n) is 2.48. The van der Waals surface area contributed by atoms with Crippen molar-refractivity contribution in [1.82, 2.24) is 0 Å². The SMILES string of the molecule is Cc1cc(F)cc(C(=O)c2cc(F)ccc2F)c1. The molecular weight excluding hydrogens is 241 g/mol. The lowest BCUT2D eigenvalue weighted by Crippen LogP contribution is -2.05. The van der Waals surface area contributed by atoms with Gasteiger partial charge in [-0.2, -0.15) is 0 Å². The smallest absolute Gasteiger partial charge is 0.196 e. The highest BCUT2D eigenvalue weighted by Crippen LogP contribution is 2.17. The highest BCUT2D eigenvalue weighted by atomic mass is 19.1. The number of rotatable bonds is 2. The van der Waals surface area contributed by atoms with Crippen LogP contribution in [0.15, 0.2) is 36.4 Å². The summed E-state index contributed by atoms with van der Waals surface area (Å²) in [6.45, 7) is 1.61. The minimum Gasteiger partial charge on any atom is -0.288 e. The maximum absolute atomic E-state index is 13.4. The first-order chi connectivity index (χ1) is 8.47. The first-order valence-corrected chi connectivity index (χ1v) is 5.24. The second-order valence-electron chi connectivity index (χ2n) is 3.97. The molecule has 0 fully saturated rings. The number of hydrogen-bond acceptors (Lipinski definition) is 1. The van der Waals surface area contributed by atoms with Gasteiger partial charge < -0.3 is 0 Å². The van der Waals surface area contributed by atoms with Gasteiger partial charge in [-0.15, -0.1) is 0 Å². The second-order valence-corrected chi connectivity index (χ2v) is 3.97. The lowest BCUT2D eigenvalue weighted by Gasteiger charge is -2.04. The van der Waals surface area contributed by atoms with Crippen molar-refractivity contribution in [3.63, 3.8) is 0 Å². The molecule has 2 rings (SSSR count). The van der Waals surface area contributed by atoms with Gasteiger partial charge in [0.05, 0.1) is 5.56 Å². The van der Waals surface area contributed by atoms with E-state index in [0.717, 1.165) is 24.3 Å². The van der Waals surface area contributed by atoms with Crippen LogP contribution in [0, 0.1) is 24.4 Å². The normalized spacial score (nSPS) is 10.4. The van der Waals surface area contributed by atoms with Crippen LogP contribution in [-0.2, 0) is 0 Å². The average molecular weight is 250 g/mol. The van der Waals surface area contributed by atoms with E-state index in [1.165, 1.54) is 12.1 Å². The summed E-state index contributed by atoms with van der Waals surface area (Å²) < 4.78 is 39.6. The first-order valence-electron chi connectivity index (χ1n) is 5.24. The van der Waals surface area contributed by atoms with Gasteiger partial charge in [0.15, 0.2) is 5.78 Å². The van der Waals surface area contributed by atoms with E-state index in [1.54, 1.807) is 6.92 Å². The zero-order valence-electron chi connectivity index (χ0n) is 9.51. The van der Waals surface area contributed by atoms with Gasteiger partial charge in [-0.1, -0.05) is 0 Å². The third-order valence-corrected chi connectivity index (χ3v) is 2.48. The number of carbonyl (C=O) groups is 1. The lowest BCUT2D eigenvalue weighted by molar-refractivity contribution is 0.103. The monoisotopic (exact) mass is 250 g/mol. The lowest BCUT2D eigenvalue weighted by atomic mass is 10.0. The Kier molecular flexibility index (Phi) is 3.19. The van der Waals surface area contributed by atoms with Gasteiger partial charge in [-0.05, 0) is 48.9 Å². The van der Waals surface area contributed by atoms with Crippen LogP contribution < -0.4 is 0 Å². The van der Waals surface area contributed by atoms with Crippen molar-refractivity contribution in [3.05, 3.63) is 70.5 Å². The maximum Gasteiger partial charge on any atom is 0.196 e. The summed E-state index contributed by atoms with van der Waals surface area (Å²) in [4.78, 5) is 12.0. The quantitative estimate of drug-likeness (QED) is 0.743. The predicted octanol–water partition coefficient (Wildman–Crippen LogP) is 3.64. The maximum atomic E-state index is 13.4. The van der Waals surface area contributed by atoms with Gasteiger partial charge in [0.1, 0.15) is 17.5 Å². The Morgan fingerprint density at radius 2 is 1.67 bits per heavy atom. The van der Waals surface area contributed by atoms with Crippen molar-refractivity contribution in [2.45, 2.75) is 6.92 Å². The molecule has 1 nitrogen and oxygen atoms in total. The number of aryl methyl sites for hydroxylation is 1. The molecule has 92 valence electrons. The fourth-order valence-corrected chi connectivity index (χ4v) is 1.69. The van der Waals surface area contributed by atoms with Crippen molar-refractivity contribution in [1.29, 1.82) is 0 Å². The molecule has 0 aliphatic carbocycles. The van der Waals surface area contributed by atoms with Gasteiger partial charge in [0.25, 0.3) is 0 Å². The Labute approximate surface area is 102 Å². The second kappa shape index (κ2) is 4.64. The standard InChI is InChI=1S/C14H9F3O/c1-8-4-9(6-11(16)5-8)14(18)12-7-10(15)2-3-13(12)17/h2-7H,1H3. The van der Waals surface area contributed by atoms with Gasteiger partial charge in [-0.25, -0.2) is 13.2 Å². The highest BCUT2D eigenvalue weighted by Gasteiger charge is 2.16. The van der Waals surface area contributed by atoms with Gasteiger partial charge in [0, 0.05) is 5.56 Å². The van der Waals surface area contributed by atoms with Crippen LogP contribution >= 0.6 is 0 Å². The summed E-state index contributed by atoms with van der Waals surface area (Å²) in [7, 11) is 0. The summed E-state index contributed by atoms with van der Waals surface area (Å²) in [5.74, 6) is -2.87. The van der Waals surface area contributed by atoms with Crippen LogP contribution in [0.2, 0.25) is 0 Å². The van der Waals surface area contributed by atoms with Gasteiger partial charge >= 0.3 is 0 Å². The van der Waals surface area contributed by atoms with Crippen molar-refractivity contribution in [2.75, 3.05) is 0 Å². The number of benzene rings is 2. The summed E-state index contributed by atoms with van der Waals surface area (Å²) in [6, 6.07) is 6.27. The molecule has 0 unspecified atom stereocenters. The van der Waals surface area contributed by atoms with E-state index < -0.39 is 28.8 Å². The Hall–Kier alpha value is -2.10. The van der Waals surface area contributed by atoms with E-state index >= 15 is 0 Å². The Balaban J connectivity index is 2.51. The molecule has 0 bridgehead atoms. The fourth-order valence-electron chi connectivity index (χ4n) is 1.69. The van der Waals surface area contributed by atoms with Crippen LogP contribution in [0.4, 0.5) is 13.2 Å². The topological polar surface area (TPSA) is 17.1 Å². The largest absolute Gasteiger partial charge is 0.288 e. The van der Waals surface area contributed by atoms with E-state index in [2.05, 4.69) is 0 Å². The molecule has 0 saturated carbocycles. The van der Waals surface area contributed by atoms with E-state index in [1.807, 2.05) is 0 Å². The zero-order chi connectivity index (χ0) is 13.3. The molecule has 0 aromatic heterocycles. The molecule has 0 amide bonds. The summed E-state index contributed by atoms with van der Waals surface area (Å²) >= 11 is 0. The molecule has 0 heterocycles. The first kappa shape index (κ1) is 12.4. The van der Waals surface area contributed by atoms with Gasteiger partial charge in [0.2, 0.25) is 0 Å². The molecule has 0 aliphatic rings. The average Bonchev–Trinajstić information content (AvgIpc) is 2.30. The van der Waals surface area contributed by atoms with Crippen molar-refractivity contribution >= 4 is 5.78 Å². The third kappa shape index (κ3) is 2.42. The van der Waals surface area contributed by atoms with Crippen molar-refractivity contribution in [3.8, 4) is 0 Å². The van der Waals surface area contributed by atoms with E-state index in [4.69, 9.17) is 0 Å². The Morgan fingerprint density at radius 3 is 2.33 bits per heavy atom. The molecule has 2 aromatic rings. The minimum atomic E-state index is -0.830. The molecule has 0 aliphatic heterocycles. The van der Waals surface area contributed by atoms with Crippen molar-refractivity contribution in [2.24, 2.45) is 0 Å². The Bertz CT molecular complexity index is 600. The molecule has 18 heavy (non-hydrogen) atoms. The summed E-state index contributed by atoms with van der Waals surface area (Å²) in [5.41, 5.74) is 0.132. The molecule has 0 saturated heterocycles. The fraction of sp³-hybridized carbons (Fsp3) is 0.0714. The number of ketones is 1. The summed E-state index contributed by atoms with van der Waals surface area (Å²) in [5, 5.41) is 0. The Morgan fingerprint density at radius 1 is 0.944 bits per heavy atom. The molecule has 2 aromatic carbocycles. The number of carbonyl (C=O) groups excluding carboxylic acids is 1. The molecule has 0 atom stereocenters. The number of halogens is 3. The minimum absolute atomic E-state index is 0.00278. The van der Waals surface area contributed by atoms with Crippen LogP contribution in [0.1, 0.15) is 21.5 Å². The van der Waals surface area contributed by atoms with Crippen LogP contribution in [0.5, 0.6) is 0 Å². The van der Waals surface area contributed by atoms with E-state index in [9.17, 15) is 18.0 Å². The highest BCUT2D eigenvalue weighted by molar-refractivity contribution is 6.09. The van der Waals surface area contributed by atoms with Gasteiger partial charge in [-0.3, -0.25) is 4.79 Å². The summed E-state index contributed by atoms with van der Waals surface area (Å²) in [6.07, 6.45) is 0. The van der Waals surface area contributed by atoms with Crippen molar-refractivity contribution < 1.29 is 18.0 Å². The number of hydrogen-bond donors (Lipinski definition) is 0. The van der Waals surface area contributed by atoms with E-state index in [-0.39, 0.29) is 5.56 Å². The predicted molar refractivity (Wildman–Crippen MR) is 60.9 cm³/mol. The van der Waals surface area contributed by atoms with Crippen LogP contribution in [0.3, 0.4) is 0 Å². The van der Waals surface area contributed by atoms with Crippen LogP contribution in [0.25, 0.3) is 0 Å². The molecule has 0 radical (unpaired) electrons. The molecule has 4 heteroatoms. The molecular formula is C14H9F3O. The zero-order valence-corrected chi connectivity index (χ0v) is 9.51. The van der Waals surface area contributed by atoms with Crippen LogP contribution in [-0.4, -0.2) is 5.78 Å².